The maximum atomic E-state index is 6.04. The topological polar surface area (TPSA) is 12.5 Å². The molecule has 1 aliphatic heterocycles. The summed E-state index contributed by atoms with van der Waals surface area (Å²) in [5.74, 6) is 0.685. The van der Waals surface area contributed by atoms with Crippen LogP contribution in [0, 0.1) is 0 Å². The molecule has 0 radical (unpaired) electrons. The first-order valence-electron chi connectivity index (χ1n) is 4.96. The first-order valence-corrected chi connectivity index (χ1v) is 5.71. The molecule has 0 N–H and O–H groups in total. The van der Waals surface area contributed by atoms with Crippen molar-refractivity contribution < 1.29 is 4.74 Å². The van der Waals surface area contributed by atoms with Gasteiger partial charge in [-0.2, -0.15) is 0 Å². The molecule has 0 amide bonds. The number of likely N-dealkylation sites (tertiary alicyclic amines) is 1. The maximum Gasteiger partial charge on any atom is 0.139 e. The molecule has 0 bridgehead atoms. The zero-order chi connectivity index (χ0) is 10.8. The fourth-order valence-corrected chi connectivity index (χ4v) is 2.08. The molecule has 4 heteroatoms. The van der Waals surface area contributed by atoms with Gasteiger partial charge >= 0.3 is 0 Å². The number of nitrogens with zero attached hydrogens (tertiary/aromatic N) is 1. The highest BCUT2D eigenvalue weighted by Crippen LogP contribution is 2.32. The monoisotopic (exact) mass is 245 g/mol. The fourth-order valence-electron chi connectivity index (χ4n) is 1.75. The second-order valence-electron chi connectivity index (χ2n) is 3.84. The van der Waals surface area contributed by atoms with Crippen LogP contribution in [0.15, 0.2) is 18.2 Å². The Kier molecular flexibility index (Phi) is 3.39. The third kappa shape index (κ3) is 2.57. The average molecular weight is 246 g/mol. The second kappa shape index (κ2) is 4.60. The molecule has 15 heavy (non-hydrogen) atoms. The molecule has 1 aromatic carbocycles. The van der Waals surface area contributed by atoms with Gasteiger partial charge in [-0.1, -0.05) is 29.3 Å². The van der Waals surface area contributed by atoms with Gasteiger partial charge in [-0.05, 0) is 25.6 Å². The molecule has 2 nitrogen and oxygen atoms in total. The number of hydrogen-bond donors (Lipinski definition) is 0. The number of ether oxygens (including phenoxy) is 1. The maximum absolute atomic E-state index is 6.04. The summed E-state index contributed by atoms with van der Waals surface area (Å²) in [5, 5.41) is 1.05. The zero-order valence-corrected chi connectivity index (χ0v) is 10.1. The van der Waals surface area contributed by atoms with Crippen LogP contribution >= 0.6 is 23.2 Å². The SMILES string of the molecule is CN1CCC(Oc2cccc(Cl)c2Cl)C1. The van der Waals surface area contributed by atoms with E-state index in [1.165, 1.54) is 0 Å². The Hall–Kier alpha value is -0.440. The molecular weight excluding hydrogens is 233 g/mol. The van der Waals surface area contributed by atoms with Gasteiger partial charge < -0.3 is 9.64 Å². The van der Waals surface area contributed by atoms with Crippen molar-refractivity contribution in [2.75, 3.05) is 20.1 Å². The van der Waals surface area contributed by atoms with E-state index in [1.807, 2.05) is 12.1 Å². The van der Waals surface area contributed by atoms with E-state index in [9.17, 15) is 0 Å². The van der Waals surface area contributed by atoms with Crippen LogP contribution in [-0.2, 0) is 0 Å². The van der Waals surface area contributed by atoms with E-state index >= 15 is 0 Å². The van der Waals surface area contributed by atoms with Crippen molar-refractivity contribution in [3.63, 3.8) is 0 Å². The quantitative estimate of drug-likeness (QED) is 0.795. The Bertz CT molecular complexity index is 356. The fraction of sp³-hybridized carbons (Fsp3) is 0.455. The van der Waals surface area contributed by atoms with E-state index in [0.717, 1.165) is 19.5 Å². The lowest BCUT2D eigenvalue weighted by Gasteiger charge is -2.15. The number of likely N-dealkylation sites (N-methyl/N-ethyl adjacent to an activating group) is 1. The van der Waals surface area contributed by atoms with Gasteiger partial charge in [0.25, 0.3) is 0 Å². The van der Waals surface area contributed by atoms with Gasteiger partial charge in [-0.25, -0.2) is 0 Å². The summed E-state index contributed by atoms with van der Waals surface area (Å²) in [6.07, 6.45) is 1.27. The first-order chi connectivity index (χ1) is 7.16. The van der Waals surface area contributed by atoms with Crippen molar-refractivity contribution in [2.45, 2.75) is 12.5 Å². The summed E-state index contributed by atoms with van der Waals surface area (Å²) in [7, 11) is 2.09. The van der Waals surface area contributed by atoms with E-state index < -0.39 is 0 Å². The highest BCUT2D eigenvalue weighted by atomic mass is 35.5. The molecule has 1 fully saturated rings. The largest absolute Gasteiger partial charge is 0.487 e. The standard InChI is InChI=1S/C11H13Cl2NO/c1-14-6-5-8(7-14)15-10-4-2-3-9(12)11(10)13/h2-4,8H,5-7H2,1H3. The Morgan fingerprint density at radius 3 is 2.87 bits per heavy atom. The Labute approximate surface area is 99.7 Å². The van der Waals surface area contributed by atoms with Gasteiger partial charge in [-0.3, -0.25) is 0 Å². The Morgan fingerprint density at radius 1 is 1.40 bits per heavy atom. The van der Waals surface area contributed by atoms with Crippen LogP contribution in [0.1, 0.15) is 6.42 Å². The molecule has 1 heterocycles. The average Bonchev–Trinajstić information content (AvgIpc) is 2.59. The Morgan fingerprint density at radius 2 is 2.20 bits per heavy atom. The number of halogens is 2. The molecule has 0 spiro atoms. The molecule has 1 saturated heterocycles. The van der Waals surface area contributed by atoms with Crippen molar-refractivity contribution in [3.8, 4) is 5.75 Å². The van der Waals surface area contributed by atoms with Crippen LogP contribution in [0.5, 0.6) is 5.75 Å². The highest BCUT2D eigenvalue weighted by Gasteiger charge is 2.21. The molecular formula is C11H13Cl2NO. The molecule has 1 aromatic rings. The molecule has 0 aromatic heterocycles. The third-order valence-electron chi connectivity index (χ3n) is 2.56. The van der Waals surface area contributed by atoms with Gasteiger partial charge in [0, 0.05) is 13.1 Å². The lowest BCUT2D eigenvalue weighted by atomic mass is 10.3. The first kappa shape index (κ1) is 11.1. The summed E-state index contributed by atoms with van der Waals surface area (Å²) in [6.45, 7) is 2.02. The minimum Gasteiger partial charge on any atom is -0.487 e. The van der Waals surface area contributed by atoms with Crippen molar-refractivity contribution in [1.29, 1.82) is 0 Å². The molecule has 2 rings (SSSR count). The van der Waals surface area contributed by atoms with Crippen molar-refractivity contribution in [2.24, 2.45) is 0 Å². The van der Waals surface area contributed by atoms with Gasteiger partial charge in [-0.15, -0.1) is 0 Å². The minimum atomic E-state index is 0.228. The van der Waals surface area contributed by atoms with Gasteiger partial charge in [0.2, 0.25) is 0 Å². The molecule has 1 atom stereocenters. The van der Waals surface area contributed by atoms with Crippen LogP contribution in [0.4, 0.5) is 0 Å². The predicted octanol–water partition coefficient (Wildman–Crippen LogP) is 3.08. The van der Waals surface area contributed by atoms with Crippen molar-refractivity contribution in [3.05, 3.63) is 28.2 Å². The van der Waals surface area contributed by atoms with Crippen LogP contribution < -0.4 is 4.74 Å². The third-order valence-corrected chi connectivity index (χ3v) is 3.36. The van der Waals surface area contributed by atoms with E-state index in [2.05, 4.69) is 11.9 Å². The summed E-state index contributed by atoms with van der Waals surface area (Å²) in [5.41, 5.74) is 0. The number of rotatable bonds is 2. The molecule has 1 unspecified atom stereocenters. The lowest BCUT2D eigenvalue weighted by molar-refractivity contribution is 0.208. The molecule has 1 aliphatic rings. The van der Waals surface area contributed by atoms with E-state index in [-0.39, 0.29) is 6.10 Å². The summed E-state index contributed by atoms with van der Waals surface area (Å²) in [6, 6.07) is 5.46. The summed E-state index contributed by atoms with van der Waals surface area (Å²) >= 11 is 11.9. The zero-order valence-electron chi connectivity index (χ0n) is 8.54. The smallest absolute Gasteiger partial charge is 0.139 e. The lowest BCUT2D eigenvalue weighted by Crippen LogP contribution is -2.21. The van der Waals surface area contributed by atoms with Gasteiger partial charge in [0.15, 0.2) is 0 Å². The van der Waals surface area contributed by atoms with E-state index in [0.29, 0.717) is 15.8 Å². The summed E-state index contributed by atoms with van der Waals surface area (Å²) < 4.78 is 5.80. The predicted molar refractivity (Wildman–Crippen MR) is 63.0 cm³/mol. The summed E-state index contributed by atoms with van der Waals surface area (Å²) in [4.78, 5) is 2.24. The number of benzene rings is 1. The normalized spacial score (nSPS) is 21.9. The van der Waals surface area contributed by atoms with E-state index in [4.69, 9.17) is 27.9 Å². The molecule has 0 saturated carbocycles. The van der Waals surface area contributed by atoms with Gasteiger partial charge in [0.05, 0.1) is 5.02 Å². The second-order valence-corrected chi connectivity index (χ2v) is 4.63. The minimum absolute atomic E-state index is 0.228. The van der Waals surface area contributed by atoms with Crippen LogP contribution in [0.25, 0.3) is 0 Å². The van der Waals surface area contributed by atoms with Crippen LogP contribution in [0.3, 0.4) is 0 Å². The van der Waals surface area contributed by atoms with Crippen LogP contribution in [0.2, 0.25) is 10.0 Å². The van der Waals surface area contributed by atoms with Gasteiger partial charge in [0.1, 0.15) is 16.9 Å². The van der Waals surface area contributed by atoms with Crippen molar-refractivity contribution >= 4 is 23.2 Å². The van der Waals surface area contributed by atoms with E-state index in [1.54, 1.807) is 6.07 Å². The molecule has 82 valence electrons. The van der Waals surface area contributed by atoms with Crippen molar-refractivity contribution in [1.82, 2.24) is 4.90 Å². The number of hydrogen-bond acceptors (Lipinski definition) is 2. The highest BCUT2D eigenvalue weighted by molar-refractivity contribution is 6.42. The Balaban J connectivity index is 2.07. The molecule has 0 aliphatic carbocycles. The van der Waals surface area contributed by atoms with Crippen LogP contribution in [-0.4, -0.2) is 31.1 Å².